The predicted octanol–water partition coefficient (Wildman–Crippen LogP) is 1.59. The average Bonchev–Trinajstić information content (AvgIpc) is 2.33. The third-order valence-electron chi connectivity index (χ3n) is 2.69. The van der Waals surface area contributed by atoms with Crippen LogP contribution in [0.3, 0.4) is 0 Å². The number of rotatable bonds is 7. The van der Waals surface area contributed by atoms with Crippen LogP contribution in [0.15, 0.2) is 0 Å². The first kappa shape index (κ1) is 19.1. The summed E-state index contributed by atoms with van der Waals surface area (Å²) in [5.41, 5.74) is 0. The molecule has 1 rings (SSSR count). The van der Waals surface area contributed by atoms with Gasteiger partial charge in [-0.2, -0.15) is 21.0 Å². The van der Waals surface area contributed by atoms with Crippen molar-refractivity contribution in [2.75, 3.05) is 25.4 Å². The fraction of sp³-hybridized carbons (Fsp3) is 1.00. The molecule has 19 heavy (non-hydrogen) atoms. The highest BCUT2D eigenvalue weighted by Gasteiger charge is 2.12. The van der Waals surface area contributed by atoms with Crippen LogP contribution in [0.1, 0.15) is 38.5 Å². The van der Waals surface area contributed by atoms with Gasteiger partial charge < -0.3 is 10.1 Å². The summed E-state index contributed by atoms with van der Waals surface area (Å²) in [6.07, 6.45) is 8.39. The van der Waals surface area contributed by atoms with Crippen LogP contribution in [0.2, 0.25) is 0 Å². The van der Waals surface area contributed by atoms with Gasteiger partial charge in [0.25, 0.3) is 0 Å². The van der Waals surface area contributed by atoms with E-state index in [0.29, 0.717) is 6.10 Å². The molecule has 8 heteroatoms. The largest absolute Gasteiger partial charge is 0.394 e. The maximum Gasteiger partial charge on any atom is 0.394 e. The summed E-state index contributed by atoms with van der Waals surface area (Å²) >= 11 is 4.14. The highest BCUT2D eigenvalue weighted by molar-refractivity contribution is 7.80. The molecule has 0 aromatic rings. The summed E-state index contributed by atoms with van der Waals surface area (Å²) in [6.45, 7) is 2.99. The zero-order chi connectivity index (χ0) is 14.6. The summed E-state index contributed by atoms with van der Waals surface area (Å²) in [5.74, 6) is 0.920. The minimum atomic E-state index is -4.67. The van der Waals surface area contributed by atoms with E-state index in [9.17, 15) is 0 Å². The Morgan fingerprint density at radius 2 is 1.74 bits per heavy atom. The monoisotopic (exact) mass is 315 g/mol. The summed E-state index contributed by atoms with van der Waals surface area (Å²) in [7, 11) is -4.67. The summed E-state index contributed by atoms with van der Waals surface area (Å²) in [5, 5.41) is 3.32. The number of thiol groups is 1. The Morgan fingerprint density at radius 3 is 2.26 bits per heavy atom. The Labute approximate surface area is 121 Å². The molecule has 0 bridgehead atoms. The molecule has 3 N–H and O–H groups in total. The van der Waals surface area contributed by atoms with Crippen LogP contribution in [-0.4, -0.2) is 49.1 Å². The van der Waals surface area contributed by atoms with E-state index < -0.39 is 10.4 Å². The van der Waals surface area contributed by atoms with Crippen molar-refractivity contribution in [1.29, 1.82) is 0 Å². The Hall–Kier alpha value is 0.140. The van der Waals surface area contributed by atoms with Crippen molar-refractivity contribution in [3.05, 3.63) is 0 Å². The Balaban J connectivity index is 0.000000555. The summed E-state index contributed by atoms with van der Waals surface area (Å²) in [4.78, 5) is 0. The van der Waals surface area contributed by atoms with Gasteiger partial charge in [-0.1, -0.05) is 19.3 Å². The van der Waals surface area contributed by atoms with Crippen molar-refractivity contribution in [1.82, 2.24) is 5.32 Å². The maximum atomic E-state index is 8.74. The highest BCUT2D eigenvalue weighted by atomic mass is 32.3. The molecule has 1 fully saturated rings. The Morgan fingerprint density at radius 1 is 1.16 bits per heavy atom. The zero-order valence-corrected chi connectivity index (χ0v) is 12.8. The lowest BCUT2D eigenvalue weighted by Crippen LogP contribution is -2.22. The van der Waals surface area contributed by atoms with Crippen molar-refractivity contribution >= 4 is 23.0 Å². The fourth-order valence-electron chi connectivity index (χ4n) is 1.88. The normalized spacial score (nSPS) is 16.8. The molecular weight excluding hydrogens is 290 g/mol. The molecule has 0 radical (unpaired) electrons. The Bertz CT molecular complexity index is 283. The first-order valence-corrected chi connectivity index (χ1v) is 8.59. The van der Waals surface area contributed by atoms with Gasteiger partial charge in [0.2, 0.25) is 0 Å². The van der Waals surface area contributed by atoms with Crippen LogP contribution < -0.4 is 5.32 Å². The number of nitrogens with one attached hydrogen (secondary N) is 1. The van der Waals surface area contributed by atoms with Crippen LogP contribution >= 0.6 is 12.6 Å². The molecule has 0 atom stereocenters. The zero-order valence-electron chi connectivity index (χ0n) is 11.1. The smallest absolute Gasteiger partial charge is 0.378 e. The first-order valence-electron chi connectivity index (χ1n) is 6.56. The van der Waals surface area contributed by atoms with E-state index in [1.807, 2.05) is 0 Å². The maximum absolute atomic E-state index is 8.74. The molecule has 1 aliphatic carbocycles. The Kier molecular flexibility index (Phi) is 12.0. The van der Waals surface area contributed by atoms with Crippen molar-refractivity contribution in [2.45, 2.75) is 44.6 Å². The SMILES string of the molecule is O=S(=O)(O)O.SCCNCCCOC1CCCCC1. The van der Waals surface area contributed by atoms with Gasteiger partial charge in [0.15, 0.2) is 0 Å². The van der Waals surface area contributed by atoms with E-state index in [-0.39, 0.29) is 0 Å². The van der Waals surface area contributed by atoms with Crippen LogP contribution in [0, 0.1) is 0 Å². The number of ether oxygens (including phenoxy) is 1. The second-order valence-corrected chi connectivity index (χ2v) is 5.75. The molecule has 0 aromatic carbocycles. The van der Waals surface area contributed by atoms with Gasteiger partial charge >= 0.3 is 10.4 Å². The van der Waals surface area contributed by atoms with Gasteiger partial charge in [-0.3, -0.25) is 9.11 Å². The van der Waals surface area contributed by atoms with Crippen LogP contribution in [-0.2, 0) is 15.1 Å². The molecule has 0 spiro atoms. The molecule has 1 aliphatic rings. The van der Waals surface area contributed by atoms with Crippen LogP contribution in [0.4, 0.5) is 0 Å². The molecule has 1 saturated carbocycles. The quantitative estimate of drug-likeness (QED) is 0.324. The molecule has 0 heterocycles. The lowest BCUT2D eigenvalue weighted by molar-refractivity contribution is 0.0274. The van der Waals surface area contributed by atoms with E-state index in [1.165, 1.54) is 32.1 Å². The van der Waals surface area contributed by atoms with E-state index in [2.05, 4.69) is 17.9 Å². The van der Waals surface area contributed by atoms with E-state index in [4.69, 9.17) is 22.3 Å². The van der Waals surface area contributed by atoms with Gasteiger partial charge in [-0.15, -0.1) is 0 Å². The lowest BCUT2D eigenvalue weighted by atomic mass is 9.98. The standard InChI is InChI=1S/C11H23NOS.H2O4S/c14-10-8-12-7-4-9-13-11-5-2-1-3-6-11;1-5(2,3)4/h11-12,14H,1-10H2;(H2,1,2,3,4). The third-order valence-corrected chi connectivity index (χ3v) is 2.92. The highest BCUT2D eigenvalue weighted by Crippen LogP contribution is 2.20. The topological polar surface area (TPSA) is 95.9 Å². The van der Waals surface area contributed by atoms with Crippen molar-refractivity contribution in [3.63, 3.8) is 0 Å². The van der Waals surface area contributed by atoms with E-state index >= 15 is 0 Å². The van der Waals surface area contributed by atoms with Crippen molar-refractivity contribution < 1.29 is 22.3 Å². The second-order valence-electron chi connectivity index (χ2n) is 4.41. The van der Waals surface area contributed by atoms with Crippen LogP contribution in [0.5, 0.6) is 0 Å². The van der Waals surface area contributed by atoms with Gasteiger partial charge in [-0.05, 0) is 25.8 Å². The minimum Gasteiger partial charge on any atom is -0.378 e. The van der Waals surface area contributed by atoms with Gasteiger partial charge in [0.05, 0.1) is 6.10 Å². The van der Waals surface area contributed by atoms with Crippen molar-refractivity contribution in [3.8, 4) is 0 Å². The molecule has 0 unspecified atom stereocenters. The summed E-state index contributed by atoms with van der Waals surface area (Å²) < 4.78 is 37.4. The number of hydrogen-bond acceptors (Lipinski definition) is 5. The predicted molar refractivity (Wildman–Crippen MR) is 78.3 cm³/mol. The second kappa shape index (κ2) is 11.9. The molecule has 0 saturated heterocycles. The van der Waals surface area contributed by atoms with Gasteiger partial charge in [0, 0.05) is 18.9 Å². The van der Waals surface area contributed by atoms with E-state index in [1.54, 1.807) is 0 Å². The van der Waals surface area contributed by atoms with Gasteiger partial charge in [-0.25, -0.2) is 0 Å². The van der Waals surface area contributed by atoms with Crippen molar-refractivity contribution in [2.24, 2.45) is 0 Å². The molecule has 0 aromatic heterocycles. The molecule has 0 aliphatic heterocycles. The van der Waals surface area contributed by atoms with E-state index in [0.717, 1.165) is 31.9 Å². The fourth-order valence-corrected chi connectivity index (χ4v) is 2.04. The first-order chi connectivity index (χ1) is 8.93. The average molecular weight is 315 g/mol. The minimum absolute atomic E-state index is 0.564. The molecule has 0 amide bonds. The molecule has 6 nitrogen and oxygen atoms in total. The lowest BCUT2D eigenvalue weighted by Gasteiger charge is -2.21. The number of hydrogen-bond donors (Lipinski definition) is 4. The van der Waals surface area contributed by atoms with Crippen LogP contribution in [0.25, 0.3) is 0 Å². The third kappa shape index (κ3) is 18.1. The van der Waals surface area contributed by atoms with Gasteiger partial charge in [0.1, 0.15) is 0 Å². The molecular formula is C11H25NO5S2. The summed E-state index contributed by atoms with van der Waals surface area (Å²) in [6, 6.07) is 0. The molecule has 116 valence electrons.